The fraction of sp³-hybridized carbons (Fsp3) is 0.292. The molecule has 17 nitrogen and oxygen atoms in total. The third-order valence-corrected chi connectivity index (χ3v) is 12.8. The first-order valence-electron chi connectivity index (χ1n) is 21.6. The summed E-state index contributed by atoms with van der Waals surface area (Å²) >= 11 is 3.06. The number of nitrogens with zero attached hydrogens (tertiary/aromatic N) is 2. The monoisotopic (exact) mass is 984 g/mol. The molecule has 20 heteroatoms. The number of methoxy groups -OCH3 is 2. The number of nitrogen functional groups attached to an aromatic ring is 1. The van der Waals surface area contributed by atoms with Crippen molar-refractivity contribution < 1.29 is 41.6 Å². The van der Waals surface area contributed by atoms with E-state index in [4.69, 9.17) is 19.8 Å². The standard InChI is InChI=1S/C24H28N4O6S2.C24H28N4O3S/c1-3-22-25-21(15-35-22)19(13-17-9-11-18(12-10-17)28-36(31,32)33)26-23(29)20(27-24(30)34-2)14-16-7-5-4-6-8-16;1-3-22-26-21(15-32-22)19(13-17-9-11-18(25)12-10-17)27-23(29)20(28-24(30)31-2)14-16-7-5-4-6-8-16/h4-12,15,19-20,28H,3,13-14H2,1-2H3,(H,26,29)(H,27,30)(H,31,32,33);4-12,15,19-20H,3,13-14,25H2,1-2H3,(H,27,29)(H,28,30)/t2*19-,20-/m00/s1. The predicted octanol–water partition coefficient (Wildman–Crippen LogP) is 6.94. The maximum atomic E-state index is 13.3. The molecule has 68 heavy (non-hydrogen) atoms. The van der Waals surface area contributed by atoms with Gasteiger partial charge in [0, 0.05) is 29.3 Å². The molecule has 6 aromatic rings. The van der Waals surface area contributed by atoms with Crippen molar-refractivity contribution in [3.8, 4) is 0 Å². The average molecular weight is 985 g/mol. The van der Waals surface area contributed by atoms with Gasteiger partial charge < -0.3 is 36.5 Å². The van der Waals surface area contributed by atoms with E-state index >= 15 is 0 Å². The summed E-state index contributed by atoms with van der Waals surface area (Å²) < 4.78 is 42.5. The molecule has 0 unspecified atom stereocenters. The minimum absolute atomic E-state index is 0.203. The van der Waals surface area contributed by atoms with E-state index < -0.39 is 46.5 Å². The van der Waals surface area contributed by atoms with Crippen molar-refractivity contribution in [2.75, 3.05) is 24.7 Å². The lowest BCUT2D eigenvalue weighted by atomic mass is 10.0. The molecule has 0 fully saturated rings. The van der Waals surface area contributed by atoms with E-state index in [2.05, 4.69) is 31.2 Å². The number of hydrogen-bond acceptors (Lipinski definition) is 13. The van der Waals surface area contributed by atoms with E-state index in [9.17, 15) is 27.6 Å². The average Bonchev–Trinajstić information content (AvgIpc) is 4.03. The molecule has 4 atom stereocenters. The smallest absolute Gasteiger partial charge is 0.407 e. The molecule has 0 saturated carbocycles. The van der Waals surface area contributed by atoms with Gasteiger partial charge in [-0.15, -0.1) is 22.7 Å². The molecule has 4 aromatic carbocycles. The van der Waals surface area contributed by atoms with Gasteiger partial charge in [-0.3, -0.25) is 18.9 Å². The van der Waals surface area contributed by atoms with Crippen LogP contribution in [0.1, 0.15) is 69.6 Å². The van der Waals surface area contributed by atoms with Gasteiger partial charge in [-0.25, -0.2) is 19.6 Å². The van der Waals surface area contributed by atoms with Crippen LogP contribution in [0.4, 0.5) is 21.0 Å². The van der Waals surface area contributed by atoms with E-state index in [1.165, 1.54) is 37.7 Å². The van der Waals surface area contributed by atoms with Crippen molar-refractivity contribution in [1.82, 2.24) is 31.2 Å². The molecule has 0 bridgehead atoms. The Labute approximate surface area is 404 Å². The summed E-state index contributed by atoms with van der Waals surface area (Å²) in [5, 5.41) is 17.1. The van der Waals surface area contributed by atoms with Crippen LogP contribution >= 0.6 is 22.7 Å². The van der Waals surface area contributed by atoms with Gasteiger partial charge in [-0.05, 0) is 72.2 Å². The number of nitrogens with one attached hydrogen (secondary N) is 5. The molecule has 360 valence electrons. The number of anilines is 2. The van der Waals surface area contributed by atoms with Crippen molar-refractivity contribution in [3.05, 3.63) is 164 Å². The number of hydrogen-bond donors (Lipinski definition) is 7. The SMILES string of the molecule is CCc1nc([C@H](Cc2ccc(N)cc2)NC(=O)[C@H](Cc2ccccc2)NC(=O)OC)cs1.CCc1nc([C@H](Cc2ccc(NS(=O)(=O)O)cc2)NC(=O)[C@H](Cc2ccccc2)NC(=O)OC)cs1. The Kier molecular flexibility index (Phi) is 19.8. The highest BCUT2D eigenvalue weighted by Crippen LogP contribution is 2.25. The number of nitrogens with two attached hydrogens (primary N) is 1. The van der Waals surface area contributed by atoms with Gasteiger partial charge in [-0.2, -0.15) is 8.42 Å². The zero-order valence-corrected chi connectivity index (χ0v) is 40.5. The second kappa shape index (κ2) is 25.9. The van der Waals surface area contributed by atoms with Crippen LogP contribution in [0.3, 0.4) is 0 Å². The zero-order chi connectivity index (χ0) is 49.1. The maximum absolute atomic E-state index is 13.3. The maximum Gasteiger partial charge on any atom is 0.407 e. The summed E-state index contributed by atoms with van der Waals surface area (Å²) in [4.78, 5) is 59.8. The Morgan fingerprint density at radius 3 is 1.32 bits per heavy atom. The molecule has 0 radical (unpaired) electrons. The Hall–Kier alpha value is -6.87. The minimum atomic E-state index is -4.38. The molecule has 2 aromatic heterocycles. The summed E-state index contributed by atoms with van der Waals surface area (Å²) in [7, 11) is -1.87. The highest BCUT2D eigenvalue weighted by molar-refractivity contribution is 7.87. The van der Waals surface area contributed by atoms with Crippen LogP contribution < -0.4 is 31.7 Å². The molecule has 0 saturated heterocycles. The summed E-state index contributed by atoms with van der Waals surface area (Å²) in [5.74, 6) is -0.698. The van der Waals surface area contributed by atoms with Gasteiger partial charge in [0.25, 0.3) is 0 Å². The molecule has 4 amide bonds. The molecule has 0 aliphatic heterocycles. The Morgan fingerprint density at radius 1 is 0.588 bits per heavy atom. The Morgan fingerprint density at radius 2 is 0.971 bits per heavy atom. The van der Waals surface area contributed by atoms with Crippen LogP contribution in [0.15, 0.2) is 120 Å². The van der Waals surface area contributed by atoms with Gasteiger partial charge in [0.05, 0.1) is 53.4 Å². The summed E-state index contributed by atoms with van der Waals surface area (Å²) in [6, 6.07) is 30.3. The largest absolute Gasteiger partial charge is 0.453 e. The number of aromatic nitrogens is 2. The van der Waals surface area contributed by atoms with Crippen LogP contribution in [0.25, 0.3) is 0 Å². The fourth-order valence-electron chi connectivity index (χ4n) is 6.80. The van der Waals surface area contributed by atoms with Gasteiger partial charge in [0.2, 0.25) is 11.8 Å². The van der Waals surface area contributed by atoms with Crippen LogP contribution in [-0.2, 0) is 67.9 Å². The van der Waals surface area contributed by atoms with Crippen molar-refractivity contribution >= 4 is 68.4 Å². The number of benzene rings is 4. The van der Waals surface area contributed by atoms with Gasteiger partial charge in [-0.1, -0.05) is 98.8 Å². The van der Waals surface area contributed by atoms with E-state index in [1.807, 2.05) is 114 Å². The first-order chi connectivity index (χ1) is 32.6. The third kappa shape index (κ3) is 17.1. The molecule has 0 aliphatic carbocycles. The number of aryl methyl sites for hydroxylation is 2. The minimum Gasteiger partial charge on any atom is -0.453 e. The number of amides is 4. The van der Waals surface area contributed by atoms with Crippen molar-refractivity contribution in [2.24, 2.45) is 0 Å². The number of rotatable bonds is 20. The summed E-state index contributed by atoms with van der Waals surface area (Å²) in [5.41, 5.74) is 11.8. The van der Waals surface area contributed by atoms with Crippen LogP contribution in [-0.4, -0.2) is 73.2 Å². The molecular formula is C48H56N8O9S3. The zero-order valence-electron chi connectivity index (χ0n) is 38.0. The number of carbonyl (C=O) groups is 4. The topological polar surface area (TPSA) is 253 Å². The summed E-state index contributed by atoms with van der Waals surface area (Å²) in [6.07, 6.45) is 1.73. The van der Waals surface area contributed by atoms with Crippen LogP contribution in [0, 0.1) is 0 Å². The van der Waals surface area contributed by atoms with Crippen molar-refractivity contribution in [2.45, 2.75) is 76.5 Å². The van der Waals surface area contributed by atoms with Crippen molar-refractivity contribution in [1.29, 1.82) is 0 Å². The normalized spacial score (nSPS) is 12.7. The summed E-state index contributed by atoms with van der Waals surface area (Å²) in [6.45, 7) is 4.04. The molecular weight excluding hydrogens is 929 g/mol. The van der Waals surface area contributed by atoms with Crippen molar-refractivity contribution in [3.63, 3.8) is 0 Å². The Bertz CT molecular complexity index is 2650. The third-order valence-electron chi connectivity index (χ3n) is 10.3. The molecule has 2 heterocycles. The molecule has 0 spiro atoms. The van der Waals surface area contributed by atoms with E-state index in [-0.39, 0.29) is 24.1 Å². The Balaban J connectivity index is 0.000000256. The number of alkyl carbamates (subject to hydrolysis) is 2. The van der Waals surface area contributed by atoms with Gasteiger partial charge in [0.15, 0.2) is 0 Å². The van der Waals surface area contributed by atoms with E-state index in [0.29, 0.717) is 30.6 Å². The fourth-order valence-corrected chi connectivity index (χ4v) is 8.83. The highest BCUT2D eigenvalue weighted by Gasteiger charge is 2.28. The van der Waals surface area contributed by atoms with Gasteiger partial charge >= 0.3 is 22.5 Å². The first kappa shape index (κ1) is 52.1. The van der Waals surface area contributed by atoms with Crippen LogP contribution in [0.2, 0.25) is 0 Å². The van der Waals surface area contributed by atoms with E-state index in [0.717, 1.165) is 50.8 Å². The number of thiazole rings is 2. The lowest BCUT2D eigenvalue weighted by molar-refractivity contribution is -0.124. The second-order valence-electron chi connectivity index (χ2n) is 15.3. The van der Waals surface area contributed by atoms with Gasteiger partial charge in [0.1, 0.15) is 12.1 Å². The first-order valence-corrected chi connectivity index (χ1v) is 24.8. The lowest BCUT2D eigenvalue weighted by Crippen LogP contribution is -2.49. The highest BCUT2D eigenvalue weighted by atomic mass is 32.2. The second-order valence-corrected chi connectivity index (χ2v) is 18.4. The number of carbonyl (C=O) groups excluding carboxylic acids is 4. The molecule has 0 aliphatic rings. The predicted molar refractivity (Wildman–Crippen MR) is 264 cm³/mol. The van der Waals surface area contributed by atoms with Crippen LogP contribution in [0.5, 0.6) is 0 Å². The number of ether oxygens (including phenoxy) is 2. The lowest BCUT2D eigenvalue weighted by Gasteiger charge is -2.23. The molecule has 6 rings (SSSR count). The molecule has 8 N–H and O–H groups in total. The van der Waals surface area contributed by atoms with E-state index in [1.54, 1.807) is 23.5 Å². The quantitative estimate of drug-likeness (QED) is 0.0303.